The molecule has 2 N–H and O–H groups in total. The van der Waals surface area contributed by atoms with E-state index in [-0.39, 0.29) is 11.0 Å². The van der Waals surface area contributed by atoms with Crippen LogP contribution >= 0.6 is 0 Å². The van der Waals surface area contributed by atoms with Crippen molar-refractivity contribution in [1.82, 2.24) is 9.97 Å². The third kappa shape index (κ3) is 3.41. The number of rotatable bonds is 3. The molecule has 0 aromatic carbocycles. The third-order valence-electron chi connectivity index (χ3n) is 3.16. The molecule has 102 valence electrons. The van der Waals surface area contributed by atoms with E-state index in [2.05, 4.69) is 30.7 Å². The van der Waals surface area contributed by atoms with Gasteiger partial charge in [-0.25, -0.2) is 0 Å². The monoisotopic (exact) mass is 260 g/mol. The molecule has 0 saturated heterocycles. The molecular formula is C15H20N2O2. The molecule has 2 aromatic rings. The lowest BCUT2D eigenvalue weighted by Gasteiger charge is -2.20. The van der Waals surface area contributed by atoms with Crippen molar-refractivity contribution in [3.8, 4) is 0 Å². The second-order valence-electron chi connectivity index (χ2n) is 6.10. The van der Waals surface area contributed by atoms with Crippen LogP contribution in [0.25, 0.3) is 10.9 Å². The SMILES string of the molecule is CC(C)(C)CC[C@H](O)c1nccc2[nH]c(=O)ccc12. The van der Waals surface area contributed by atoms with Crippen LogP contribution in [0.5, 0.6) is 0 Å². The van der Waals surface area contributed by atoms with Crippen LogP contribution in [0.3, 0.4) is 0 Å². The Balaban J connectivity index is 2.32. The summed E-state index contributed by atoms with van der Waals surface area (Å²) in [7, 11) is 0. The number of nitrogens with one attached hydrogen (secondary N) is 1. The van der Waals surface area contributed by atoms with Gasteiger partial charge < -0.3 is 10.1 Å². The fourth-order valence-corrected chi connectivity index (χ4v) is 2.08. The van der Waals surface area contributed by atoms with E-state index in [1.165, 1.54) is 6.07 Å². The lowest BCUT2D eigenvalue weighted by Crippen LogP contribution is -2.10. The van der Waals surface area contributed by atoms with Gasteiger partial charge >= 0.3 is 0 Å². The summed E-state index contributed by atoms with van der Waals surface area (Å²) in [6, 6.07) is 4.93. The van der Waals surface area contributed by atoms with E-state index in [4.69, 9.17) is 0 Å². The normalized spacial score (nSPS) is 13.7. The molecule has 0 unspecified atom stereocenters. The van der Waals surface area contributed by atoms with Crippen LogP contribution < -0.4 is 5.56 Å². The predicted octanol–water partition coefficient (Wildman–Crippen LogP) is 2.78. The molecule has 0 spiro atoms. The first-order valence-corrected chi connectivity index (χ1v) is 6.53. The third-order valence-corrected chi connectivity index (χ3v) is 3.16. The Morgan fingerprint density at radius 2 is 2.05 bits per heavy atom. The smallest absolute Gasteiger partial charge is 0.248 e. The molecule has 2 aromatic heterocycles. The van der Waals surface area contributed by atoms with Crippen molar-refractivity contribution in [2.75, 3.05) is 0 Å². The molecule has 4 nitrogen and oxygen atoms in total. The molecule has 0 bridgehead atoms. The molecule has 0 saturated carbocycles. The zero-order valence-electron chi connectivity index (χ0n) is 11.6. The Hall–Kier alpha value is -1.68. The first-order valence-electron chi connectivity index (χ1n) is 6.53. The van der Waals surface area contributed by atoms with E-state index >= 15 is 0 Å². The lowest BCUT2D eigenvalue weighted by molar-refractivity contribution is 0.145. The summed E-state index contributed by atoms with van der Waals surface area (Å²) in [5.41, 5.74) is 1.39. The van der Waals surface area contributed by atoms with Crippen molar-refractivity contribution in [2.24, 2.45) is 5.41 Å². The average molecular weight is 260 g/mol. The molecule has 2 heterocycles. The second-order valence-corrected chi connectivity index (χ2v) is 6.10. The Bertz CT molecular complexity index is 626. The number of aliphatic hydroxyl groups excluding tert-OH is 1. The van der Waals surface area contributed by atoms with E-state index < -0.39 is 6.10 Å². The number of hydrogen-bond donors (Lipinski definition) is 2. The van der Waals surface area contributed by atoms with Crippen LogP contribution in [0.2, 0.25) is 0 Å². The molecule has 0 aliphatic carbocycles. The van der Waals surface area contributed by atoms with Crippen molar-refractivity contribution in [1.29, 1.82) is 0 Å². The number of nitrogens with zero attached hydrogens (tertiary/aromatic N) is 1. The van der Waals surface area contributed by atoms with Crippen LogP contribution in [0, 0.1) is 5.41 Å². The van der Waals surface area contributed by atoms with E-state index in [0.717, 1.165) is 11.8 Å². The van der Waals surface area contributed by atoms with Crippen LogP contribution in [0.4, 0.5) is 0 Å². The van der Waals surface area contributed by atoms with E-state index in [0.29, 0.717) is 17.6 Å². The highest BCUT2D eigenvalue weighted by molar-refractivity contribution is 5.80. The minimum atomic E-state index is -0.603. The van der Waals surface area contributed by atoms with Gasteiger partial charge in [0.15, 0.2) is 0 Å². The predicted molar refractivity (Wildman–Crippen MR) is 76.0 cm³/mol. The zero-order valence-corrected chi connectivity index (χ0v) is 11.6. The van der Waals surface area contributed by atoms with Gasteiger partial charge in [0, 0.05) is 17.6 Å². The Morgan fingerprint density at radius 3 is 2.74 bits per heavy atom. The number of hydrogen-bond acceptors (Lipinski definition) is 3. The fraction of sp³-hybridized carbons (Fsp3) is 0.467. The first-order chi connectivity index (χ1) is 8.87. The lowest BCUT2D eigenvalue weighted by atomic mass is 9.88. The Morgan fingerprint density at radius 1 is 1.32 bits per heavy atom. The Labute approximate surface area is 112 Å². The van der Waals surface area contributed by atoms with Crippen LogP contribution in [-0.4, -0.2) is 15.1 Å². The van der Waals surface area contributed by atoms with Gasteiger partial charge in [-0.05, 0) is 30.4 Å². The van der Waals surface area contributed by atoms with Gasteiger partial charge in [0.1, 0.15) is 0 Å². The maximum atomic E-state index is 11.3. The highest BCUT2D eigenvalue weighted by atomic mass is 16.3. The average Bonchev–Trinajstić information content (AvgIpc) is 2.34. The molecule has 0 aliphatic rings. The zero-order chi connectivity index (χ0) is 14.0. The molecule has 0 aliphatic heterocycles. The van der Waals surface area contributed by atoms with Crippen LogP contribution in [0.1, 0.15) is 45.4 Å². The van der Waals surface area contributed by atoms with Crippen molar-refractivity contribution >= 4 is 10.9 Å². The summed E-state index contributed by atoms with van der Waals surface area (Å²) in [5, 5.41) is 11.1. The summed E-state index contributed by atoms with van der Waals surface area (Å²) < 4.78 is 0. The van der Waals surface area contributed by atoms with Crippen LogP contribution in [-0.2, 0) is 0 Å². The topological polar surface area (TPSA) is 66.0 Å². The van der Waals surface area contributed by atoms with Crippen molar-refractivity contribution in [3.63, 3.8) is 0 Å². The van der Waals surface area contributed by atoms with Gasteiger partial charge in [-0.15, -0.1) is 0 Å². The molecular weight excluding hydrogens is 240 g/mol. The molecule has 0 amide bonds. The van der Waals surface area contributed by atoms with Gasteiger partial charge in [0.2, 0.25) is 5.56 Å². The van der Waals surface area contributed by atoms with Gasteiger partial charge in [-0.2, -0.15) is 0 Å². The summed E-state index contributed by atoms with van der Waals surface area (Å²) in [6.07, 6.45) is 2.59. The maximum Gasteiger partial charge on any atom is 0.248 e. The molecule has 0 radical (unpaired) electrons. The minimum Gasteiger partial charge on any atom is -0.387 e. The number of fused-ring (bicyclic) bond motifs is 1. The maximum absolute atomic E-state index is 11.3. The first kappa shape index (κ1) is 13.7. The largest absolute Gasteiger partial charge is 0.387 e. The quantitative estimate of drug-likeness (QED) is 0.891. The number of aromatic nitrogens is 2. The van der Waals surface area contributed by atoms with E-state index in [9.17, 15) is 9.90 Å². The molecule has 1 atom stereocenters. The number of pyridine rings is 2. The van der Waals surface area contributed by atoms with Gasteiger partial charge in [-0.1, -0.05) is 20.8 Å². The second kappa shape index (κ2) is 5.13. The van der Waals surface area contributed by atoms with Gasteiger partial charge in [0.05, 0.1) is 17.3 Å². The number of aliphatic hydroxyl groups is 1. The highest BCUT2D eigenvalue weighted by Gasteiger charge is 2.17. The minimum absolute atomic E-state index is 0.145. The summed E-state index contributed by atoms with van der Waals surface area (Å²) in [4.78, 5) is 18.3. The van der Waals surface area contributed by atoms with Gasteiger partial charge in [0.25, 0.3) is 0 Å². The standard InChI is InChI=1S/C15H20N2O2/c1-15(2,3)8-6-12(18)14-10-4-5-13(19)17-11(10)7-9-16-14/h4-5,7,9,12,18H,6,8H2,1-3H3,(H,17,19)/t12-/m0/s1. The molecule has 2 rings (SSSR count). The van der Waals surface area contributed by atoms with Crippen molar-refractivity contribution in [2.45, 2.75) is 39.7 Å². The van der Waals surface area contributed by atoms with Gasteiger partial charge in [-0.3, -0.25) is 9.78 Å². The molecule has 19 heavy (non-hydrogen) atoms. The number of aromatic amines is 1. The fourth-order valence-electron chi connectivity index (χ4n) is 2.08. The van der Waals surface area contributed by atoms with Crippen molar-refractivity contribution < 1.29 is 5.11 Å². The highest BCUT2D eigenvalue weighted by Crippen LogP contribution is 2.28. The summed E-state index contributed by atoms with van der Waals surface area (Å²) in [5.74, 6) is 0. The van der Waals surface area contributed by atoms with E-state index in [1.807, 2.05) is 0 Å². The van der Waals surface area contributed by atoms with Crippen LogP contribution in [0.15, 0.2) is 29.2 Å². The molecule has 0 fully saturated rings. The summed E-state index contributed by atoms with van der Waals surface area (Å²) in [6.45, 7) is 6.44. The summed E-state index contributed by atoms with van der Waals surface area (Å²) >= 11 is 0. The van der Waals surface area contributed by atoms with E-state index in [1.54, 1.807) is 18.3 Å². The number of H-pyrrole nitrogens is 1. The molecule has 4 heteroatoms. The van der Waals surface area contributed by atoms with Crippen molar-refractivity contribution in [3.05, 3.63) is 40.4 Å². The Kier molecular flexibility index (Phi) is 3.71.